The molecule has 0 radical (unpaired) electrons. The summed E-state index contributed by atoms with van der Waals surface area (Å²) in [5, 5.41) is 54.1. The second-order valence-electron chi connectivity index (χ2n) is 35.8. The summed E-state index contributed by atoms with van der Waals surface area (Å²) in [4.78, 5) is 24.6. The molecular weight excluding hydrogens is 2310 g/mol. The third kappa shape index (κ3) is 21.0. The Bertz CT molecular complexity index is 2990. The molecule has 0 aliphatic heterocycles. The van der Waals surface area contributed by atoms with Gasteiger partial charge in [0.1, 0.15) is 23.6 Å². The van der Waals surface area contributed by atoms with Gasteiger partial charge < -0.3 is 43.6 Å². The summed E-state index contributed by atoms with van der Waals surface area (Å²) in [5.41, 5.74) is 2.40. The van der Waals surface area contributed by atoms with Gasteiger partial charge >= 0.3 is 130 Å². The molecule has 0 spiro atoms. The predicted octanol–water partition coefficient (Wildman–Crippen LogP) is 22.9. The Hall–Kier alpha value is 3.67. The van der Waals surface area contributed by atoms with Crippen molar-refractivity contribution in [1.82, 2.24) is 15.0 Å². The van der Waals surface area contributed by atoms with Gasteiger partial charge in [-0.2, -0.15) is 0 Å². The Kier molecular flexibility index (Phi) is 35.4. The van der Waals surface area contributed by atoms with E-state index < -0.39 is 16.8 Å². The number of aliphatic hydroxyl groups is 5. The van der Waals surface area contributed by atoms with E-state index >= 15 is 0 Å². The monoisotopic (exact) mass is 2450 g/mol. The van der Waals surface area contributed by atoms with Crippen LogP contribution in [0.3, 0.4) is 0 Å². The molecule has 21 heteroatoms. The Balaban J connectivity index is 0.000000192. The van der Waals surface area contributed by atoms with E-state index in [1.807, 2.05) is 69.2 Å². The van der Waals surface area contributed by atoms with Gasteiger partial charge in [-0.05, 0) is 353 Å². The first-order chi connectivity index (χ1) is 46.6. The maximum atomic E-state index is 11.5. The third-order valence-electron chi connectivity index (χ3n) is 30.3. The fourth-order valence-electron chi connectivity index (χ4n) is 25.4. The van der Waals surface area contributed by atoms with Crippen molar-refractivity contribution in [3.8, 4) is 0 Å². The summed E-state index contributed by atoms with van der Waals surface area (Å²) < 4.78 is 16.7. The number of carbonyl (C=O) groups is 1. The standard InChI is InChI=1S/2C26H41NO3.C20H32O2.C6H9NO.4CH4.I9/c2*1-15-16(2)30-24(27-15)13-23(28)22-8-7-21-20-6-5-17-14-25(3,29)11-9-18(17)19(20)10-12-26(21,22)4;1-19(22)9-7-15-13(11-19)3-5-17-16(15)8-10-20(2)14(12-21)4-6-18(17)20;1-4-5(2)8-6(3)7-4;;;;;1-6-8(4)9(5)7(2)3/h2*17-23,28-29H,5-14H2,1-4H3;12-18,22H,3-11H2,1-2H3;1-3H3;4*1H4;/q;;;;;;;;-1/t17-,18+,19-,20-,21+,22-,23+,25-,26+;17-,18+,19-,20-,21+,22-,23-,25-,26+;13-,14-,15+,16-,17-,18+,19-,20-;;;;;;/m111....../s1. The first-order valence-corrected chi connectivity index (χ1v) is 88.7. The van der Waals surface area contributed by atoms with Gasteiger partial charge in [-0.1, -0.05) is 50.5 Å². The van der Waals surface area contributed by atoms with Crippen molar-refractivity contribution in [3.05, 3.63) is 52.0 Å². The van der Waals surface area contributed by atoms with Crippen LogP contribution < -0.4 is 13.3 Å². The summed E-state index contributed by atoms with van der Waals surface area (Å²) in [6, 6.07) is 0. The van der Waals surface area contributed by atoms with E-state index in [0.717, 1.165) is 187 Å². The minimum absolute atomic E-state index is 0. The summed E-state index contributed by atoms with van der Waals surface area (Å²) in [5.74, 6) is 18.0. The number of hydrogen-bond acceptors (Lipinski definition) is 12. The molecular formula is C82H139I9N3O9-. The number of aromatic nitrogens is 3. The van der Waals surface area contributed by atoms with Crippen molar-refractivity contribution in [2.24, 2.45) is 123 Å². The van der Waals surface area contributed by atoms with Crippen LogP contribution in [0.1, 0.15) is 297 Å². The Labute approximate surface area is 694 Å². The third-order valence-corrected chi connectivity index (χ3v) is 443. The van der Waals surface area contributed by atoms with Gasteiger partial charge in [0.15, 0.2) is 17.7 Å². The number of fused-ring (bicyclic) bond motifs is 15. The molecule has 12 aliphatic rings. The van der Waals surface area contributed by atoms with E-state index in [1.54, 1.807) is 0 Å². The van der Waals surface area contributed by atoms with Crippen LogP contribution in [-0.2, 0) is 17.6 Å². The topological polar surface area (TPSA) is 196 Å². The first kappa shape index (κ1) is 93.8. The second-order valence-corrected chi connectivity index (χ2v) is 198. The molecule has 12 fully saturated rings. The number of carbonyl (C=O) groups excluding carboxylic acids is 1. The number of aryl methyl sites for hydroxylation is 7. The SMILES string of the molecule is C.C.C.C.C[C@@]1(O)CC[C@H]2[C@H](CC[C@@H]3[C@@H]2CC[C@]2(C)[C@@H](C=O)CC[C@@H]32)C1.Cc1nc(C)c(C)o1.Cc1nc(C[C@@H](O)[C@H]2CC[C@H]3[C@@H]4CC[C@@H]5C[C@](C)(O)CC[C@@H]5[C@H]4CC[C@]23C)oc1C.Cc1nc(C[C@H](O)[C@H]2CC[C@H]3[C@@H]4CC[C@@H]5C[C@](C)(O)CC[C@@H]5[C@H]4CC[C@]23C)oc1C.I[I-]I(I)I(I)I(I)I. The molecule has 15 rings (SSSR count). The average molecular weight is 2450 g/mol. The van der Waals surface area contributed by atoms with Crippen LogP contribution in [0.25, 0.3) is 0 Å². The van der Waals surface area contributed by atoms with E-state index in [9.17, 15) is 30.3 Å². The van der Waals surface area contributed by atoms with E-state index in [0.29, 0.717) is 61.0 Å². The van der Waals surface area contributed by atoms with Crippen LogP contribution in [-0.4, -0.2) is 75.8 Å². The minimum atomic E-state index is -0.434. The maximum absolute atomic E-state index is 11.5. The Morgan fingerprint density at radius 3 is 1.07 bits per heavy atom. The Morgan fingerprint density at radius 1 is 0.447 bits per heavy atom. The molecule has 12 saturated carbocycles. The van der Waals surface area contributed by atoms with Gasteiger partial charge in [-0.15, -0.1) is 0 Å². The molecule has 3 heterocycles. The van der Waals surface area contributed by atoms with E-state index in [2.05, 4.69) is 129 Å². The zero-order valence-electron chi connectivity index (χ0n) is 61.7. The fraction of sp³-hybridized carbons (Fsp3) is 0.878. The van der Waals surface area contributed by atoms with Crippen LogP contribution in [0, 0.1) is 171 Å². The zero-order valence-corrected chi connectivity index (χ0v) is 81.2. The van der Waals surface area contributed by atoms with Gasteiger partial charge in [0.2, 0.25) is 0 Å². The first-order valence-electron chi connectivity index (χ1n) is 38.4. The molecule has 103 heavy (non-hydrogen) atoms. The van der Waals surface area contributed by atoms with Crippen LogP contribution in [0.4, 0.5) is 0 Å². The van der Waals surface area contributed by atoms with Crippen molar-refractivity contribution in [2.45, 2.75) is 335 Å². The van der Waals surface area contributed by atoms with Gasteiger partial charge in [0, 0.05) is 12.8 Å². The second kappa shape index (κ2) is 38.8. The molecule has 600 valence electrons. The molecule has 0 aromatic carbocycles. The van der Waals surface area contributed by atoms with Crippen molar-refractivity contribution in [2.75, 3.05) is 0 Å². The number of rotatable bonds is 10. The zero-order chi connectivity index (χ0) is 71.6. The molecule has 12 nitrogen and oxygen atoms in total. The Morgan fingerprint density at radius 2 is 0.777 bits per heavy atom. The number of hydrogen-bond donors (Lipinski definition) is 5. The van der Waals surface area contributed by atoms with E-state index in [4.69, 9.17) is 13.3 Å². The van der Waals surface area contributed by atoms with E-state index in [1.165, 1.54) is 122 Å². The van der Waals surface area contributed by atoms with Crippen LogP contribution in [0.15, 0.2) is 13.3 Å². The molecule has 26 atom stereocenters. The number of oxazole rings is 3. The molecule has 12 aliphatic carbocycles. The number of aliphatic hydroxyl groups excluding tert-OH is 2. The number of halogens is 9. The van der Waals surface area contributed by atoms with Gasteiger partial charge in [0.05, 0.1) is 58.9 Å². The van der Waals surface area contributed by atoms with Crippen molar-refractivity contribution in [3.63, 3.8) is 0 Å². The molecule has 3 aromatic rings. The predicted molar refractivity (Wildman–Crippen MR) is 491 cm³/mol. The molecule has 3 aromatic heterocycles. The normalized spacial score (nSPS) is 41.6. The molecule has 0 bridgehead atoms. The summed E-state index contributed by atoms with van der Waals surface area (Å²) >= 11 is 14.6. The van der Waals surface area contributed by atoms with Crippen molar-refractivity contribution >= 4 is 123 Å². The van der Waals surface area contributed by atoms with Gasteiger partial charge in [-0.3, -0.25) is 0 Å². The molecule has 0 amide bonds. The fourth-order valence-corrected chi connectivity index (χ4v) is 654. The quantitative estimate of drug-likeness (QED) is 0.0953. The molecule has 0 unspecified atom stereocenters. The summed E-state index contributed by atoms with van der Waals surface area (Å²) in [7, 11) is -0.795. The van der Waals surface area contributed by atoms with Crippen LogP contribution in [0.5, 0.6) is 0 Å². The number of aldehydes is 1. The van der Waals surface area contributed by atoms with Gasteiger partial charge in [0.25, 0.3) is 0 Å². The van der Waals surface area contributed by atoms with Crippen molar-refractivity contribution in [1.29, 1.82) is 0 Å². The molecule has 5 N–H and O–H groups in total. The van der Waals surface area contributed by atoms with Crippen LogP contribution >= 0.6 is 117 Å². The van der Waals surface area contributed by atoms with Crippen molar-refractivity contribution < 1.29 is 56.8 Å². The average Bonchev–Trinajstić information content (AvgIpc) is 1.65. The molecule has 0 saturated heterocycles. The summed E-state index contributed by atoms with van der Waals surface area (Å²) in [6.07, 6.45) is 34.3. The van der Waals surface area contributed by atoms with Gasteiger partial charge in [-0.25, -0.2) is 15.0 Å². The number of nitrogens with zero attached hydrogens (tertiary/aromatic N) is 3. The van der Waals surface area contributed by atoms with E-state index in [-0.39, 0.29) is 76.4 Å². The summed E-state index contributed by atoms with van der Waals surface area (Å²) in [6.45, 7) is 27.1. The van der Waals surface area contributed by atoms with Crippen LogP contribution in [0.2, 0.25) is 0 Å².